The molecular formula is C12H20N4O. The summed E-state index contributed by atoms with van der Waals surface area (Å²) in [5.41, 5.74) is 5.79. The van der Waals surface area contributed by atoms with Crippen molar-refractivity contribution in [1.82, 2.24) is 9.97 Å². The van der Waals surface area contributed by atoms with Crippen LogP contribution in [0.3, 0.4) is 0 Å². The highest BCUT2D eigenvalue weighted by molar-refractivity contribution is 5.42. The smallest absolute Gasteiger partial charge is 0.218 e. The van der Waals surface area contributed by atoms with Crippen LogP contribution in [0.5, 0.6) is 5.88 Å². The highest BCUT2D eigenvalue weighted by atomic mass is 16.5. The summed E-state index contributed by atoms with van der Waals surface area (Å²) in [7, 11) is 1.61. The second-order valence-electron chi connectivity index (χ2n) is 4.86. The zero-order valence-electron chi connectivity index (χ0n) is 10.7. The van der Waals surface area contributed by atoms with Gasteiger partial charge in [0.2, 0.25) is 5.88 Å². The molecule has 0 bridgehead atoms. The Hall–Kier alpha value is -1.36. The number of hydrogen-bond acceptors (Lipinski definition) is 5. The molecule has 5 nitrogen and oxygen atoms in total. The van der Waals surface area contributed by atoms with Gasteiger partial charge in [-0.3, -0.25) is 0 Å². The fraction of sp³-hybridized carbons (Fsp3) is 0.667. The van der Waals surface area contributed by atoms with Gasteiger partial charge in [-0.25, -0.2) is 4.98 Å². The molecule has 1 aliphatic rings. The summed E-state index contributed by atoms with van der Waals surface area (Å²) in [5, 5.41) is 3.43. The first-order valence-electron chi connectivity index (χ1n) is 5.95. The molecule has 3 N–H and O–H groups in total. The first kappa shape index (κ1) is 12.1. The summed E-state index contributed by atoms with van der Waals surface area (Å²) in [4.78, 5) is 8.53. The van der Waals surface area contributed by atoms with Gasteiger partial charge in [0.1, 0.15) is 11.6 Å². The molecule has 0 amide bonds. The predicted molar refractivity (Wildman–Crippen MR) is 67.1 cm³/mol. The number of ether oxygens (including phenoxy) is 1. The van der Waals surface area contributed by atoms with E-state index in [1.807, 2.05) is 13.0 Å². The Kier molecular flexibility index (Phi) is 3.19. The zero-order valence-corrected chi connectivity index (χ0v) is 10.7. The molecule has 0 aromatic carbocycles. The normalized spacial score (nSPS) is 18.6. The fourth-order valence-corrected chi connectivity index (χ4v) is 2.04. The maximum Gasteiger partial charge on any atom is 0.218 e. The van der Waals surface area contributed by atoms with Crippen molar-refractivity contribution in [3.8, 4) is 5.88 Å². The van der Waals surface area contributed by atoms with Crippen molar-refractivity contribution in [2.45, 2.75) is 32.2 Å². The van der Waals surface area contributed by atoms with Crippen LogP contribution in [0.4, 0.5) is 5.82 Å². The SMILES string of the molecule is COc1cc(NC(C)(CN)C2CC2)nc(C)n1. The molecule has 0 saturated heterocycles. The van der Waals surface area contributed by atoms with Crippen LogP contribution in [0, 0.1) is 12.8 Å². The summed E-state index contributed by atoms with van der Waals surface area (Å²) >= 11 is 0. The molecule has 1 aromatic heterocycles. The number of hydrogen-bond donors (Lipinski definition) is 2. The number of aromatic nitrogens is 2. The molecule has 1 heterocycles. The van der Waals surface area contributed by atoms with Crippen molar-refractivity contribution >= 4 is 5.82 Å². The minimum Gasteiger partial charge on any atom is -0.481 e. The average molecular weight is 236 g/mol. The van der Waals surface area contributed by atoms with Gasteiger partial charge < -0.3 is 15.8 Å². The summed E-state index contributed by atoms with van der Waals surface area (Å²) < 4.78 is 5.14. The first-order valence-corrected chi connectivity index (χ1v) is 5.95. The Morgan fingerprint density at radius 2 is 2.24 bits per heavy atom. The lowest BCUT2D eigenvalue weighted by Crippen LogP contribution is -2.45. The van der Waals surface area contributed by atoms with E-state index in [-0.39, 0.29) is 5.54 Å². The number of nitrogens with one attached hydrogen (secondary N) is 1. The van der Waals surface area contributed by atoms with E-state index < -0.39 is 0 Å². The summed E-state index contributed by atoms with van der Waals surface area (Å²) in [5.74, 6) is 2.71. The van der Waals surface area contributed by atoms with E-state index in [1.54, 1.807) is 7.11 Å². The first-order chi connectivity index (χ1) is 8.07. The fourth-order valence-electron chi connectivity index (χ4n) is 2.04. The maximum absolute atomic E-state index is 5.87. The lowest BCUT2D eigenvalue weighted by Gasteiger charge is -2.30. The second-order valence-corrected chi connectivity index (χ2v) is 4.86. The van der Waals surface area contributed by atoms with E-state index in [2.05, 4.69) is 22.2 Å². The molecule has 17 heavy (non-hydrogen) atoms. The highest BCUT2D eigenvalue weighted by Crippen LogP contribution is 2.40. The van der Waals surface area contributed by atoms with E-state index in [9.17, 15) is 0 Å². The Morgan fingerprint density at radius 1 is 1.53 bits per heavy atom. The van der Waals surface area contributed by atoms with Gasteiger partial charge in [-0.15, -0.1) is 0 Å². The van der Waals surface area contributed by atoms with Gasteiger partial charge >= 0.3 is 0 Å². The predicted octanol–water partition coefficient (Wildman–Crippen LogP) is 1.33. The largest absolute Gasteiger partial charge is 0.481 e. The Morgan fingerprint density at radius 3 is 2.76 bits per heavy atom. The standard InChI is InChI=1S/C12H20N4O/c1-8-14-10(6-11(15-8)17-3)16-12(2,7-13)9-4-5-9/h6,9H,4-5,7,13H2,1-3H3,(H,14,15,16). The van der Waals surface area contributed by atoms with E-state index in [0.717, 1.165) is 5.82 Å². The molecule has 5 heteroatoms. The van der Waals surface area contributed by atoms with Crippen molar-refractivity contribution in [2.24, 2.45) is 11.7 Å². The maximum atomic E-state index is 5.87. The molecule has 1 unspecified atom stereocenters. The third-order valence-electron chi connectivity index (χ3n) is 3.34. The Bertz CT molecular complexity index is 405. The van der Waals surface area contributed by atoms with Crippen molar-refractivity contribution in [2.75, 3.05) is 19.0 Å². The third kappa shape index (κ3) is 2.66. The van der Waals surface area contributed by atoms with Gasteiger partial charge in [0.25, 0.3) is 0 Å². The lowest BCUT2D eigenvalue weighted by atomic mass is 9.96. The van der Waals surface area contributed by atoms with Crippen LogP contribution >= 0.6 is 0 Å². The number of nitrogens with two attached hydrogens (primary N) is 1. The van der Waals surface area contributed by atoms with Gasteiger partial charge in [-0.1, -0.05) is 0 Å². The molecule has 1 aliphatic carbocycles. The van der Waals surface area contributed by atoms with E-state index in [4.69, 9.17) is 10.5 Å². The molecule has 1 atom stereocenters. The molecule has 1 fully saturated rings. The van der Waals surface area contributed by atoms with Gasteiger partial charge in [-0.2, -0.15) is 4.98 Å². The molecule has 94 valence electrons. The van der Waals surface area contributed by atoms with Gasteiger partial charge in [0.05, 0.1) is 12.6 Å². The average Bonchev–Trinajstić information content (AvgIpc) is 3.12. The summed E-state index contributed by atoms with van der Waals surface area (Å²) in [6, 6.07) is 1.81. The quantitative estimate of drug-likeness (QED) is 0.807. The van der Waals surface area contributed by atoms with Crippen molar-refractivity contribution in [1.29, 1.82) is 0 Å². The summed E-state index contributed by atoms with van der Waals surface area (Å²) in [6.45, 7) is 4.60. The molecule has 1 saturated carbocycles. The molecule has 0 aliphatic heterocycles. The molecule has 2 rings (SSSR count). The Labute approximate surface area is 102 Å². The van der Waals surface area contributed by atoms with Gasteiger partial charge in [0.15, 0.2) is 0 Å². The molecule has 1 aromatic rings. The van der Waals surface area contributed by atoms with Crippen LogP contribution in [0.2, 0.25) is 0 Å². The Balaban J connectivity index is 2.19. The van der Waals surface area contributed by atoms with Crippen LogP contribution in [0.1, 0.15) is 25.6 Å². The number of nitrogens with zero attached hydrogens (tertiary/aromatic N) is 2. The highest BCUT2D eigenvalue weighted by Gasteiger charge is 2.40. The van der Waals surface area contributed by atoms with Crippen molar-refractivity contribution in [3.63, 3.8) is 0 Å². The third-order valence-corrected chi connectivity index (χ3v) is 3.34. The number of methoxy groups -OCH3 is 1. The van der Waals surface area contributed by atoms with Crippen LogP contribution < -0.4 is 15.8 Å². The summed E-state index contributed by atoms with van der Waals surface area (Å²) in [6.07, 6.45) is 2.48. The molecule has 0 spiro atoms. The number of aryl methyl sites for hydroxylation is 1. The number of rotatable bonds is 5. The van der Waals surface area contributed by atoms with E-state index >= 15 is 0 Å². The van der Waals surface area contributed by atoms with Crippen molar-refractivity contribution in [3.05, 3.63) is 11.9 Å². The van der Waals surface area contributed by atoms with Gasteiger partial charge in [0, 0.05) is 12.6 Å². The lowest BCUT2D eigenvalue weighted by molar-refractivity contribution is 0.395. The minimum absolute atomic E-state index is 0.0776. The van der Waals surface area contributed by atoms with Crippen LogP contribution in [0.15, 0.2) is 6.07 Å². The van der Waals surface area contributed by atoms with Crippen LogP contribution in [0.25, 0.3) is 0 Å². The second kappa shape index (κ2) is 4.49. The molecule has 0 radical (unpaired) electrons. The van der Waals surface area contributed by atoms with E-state index in [1.165, 1.54) is 12.8 Å². The monoisotopic (exact) mass is 236 g/mol. The van der Waals surface area contributed by atoms with Crippen LogP contribution in [-0.2, 0) is 0 Å². The topological polar surface area (TPSA) is 73.1 Å². The van der Waals surface area contributed by atoms with Gasteiger partial charge in [-0.05, 0) is 32.6 Å². The minimum atomic E-state index is -0.0776. The van der Waals surface area contributed by atoms with Crippen LogP contribution in [-0.4, -0.2) is 29.2 Å². The van der Waals surface area contributed by atoms with E-state index in [0.29, 0.717) is 24.2 Å². The number of anilines is 1. The zero-order chi connectivity index (χ0) is 12.5. The van der Waals surface area contributed by atoms with Crippen molar-refractivity contribution < 1.29 is 4.74 Å². The molecular weight excluding hydrogens is 216 g/mol.